The smallest absolute Gasteiger partial charge is 0.0953 e. The molecule has 1 aromatic heterocycles. The van der Waals surface area contributed by atoms with Crippen LogP contribution < -0.4 is 10.7 Å². The van der Waals surface area contributed by atoms with Gasteiger partial charge in [-0.15, -0.1) is 0 Å². The van der Waals surface area contributed by atoms with E-state index in [1.807, 2.05) is 17.5 Å². The molecule has 76 valence electrons. The van der Waals surface area contributed by atoms with Crippen molar-refractivity contribution < 1.29 is 0 Å². The third kappa shape index (κ3) is 1.42. The van der Waals surface area contributed by atoms with Crippen LogP contribution in [0.15, 0.2) is 27.5 Å². The summed E-state index contributed by atoms with van der Waals surface area (Å²) in [4.78, 5) is 8.92. The van der Waals surface area contributed by atoms with Crippen molar-refractivity contribution in [2.45, 2.75) is 0 Å². The minimum absolute atomic E-state index is 0.767. The van der Waals surface area contributed by atoms with Gasteiger partial charge in [-0.2, -0.15) is 5.10 Å². The van der Waals surface area contributed by atoms with Crippen molar-refractivity contribution in [3.8, 4) is 0 Å². The van der Waals surface area contributed by atoms with Gasteiger partial charge in [-0.1, -0.05) is 11.5 Å². The summed E-state index contributed by atoms with van der Waals surface area (Å²) in [6, 6.07) is 3.92. The summed E-state index contributed by atoms with van der Waals surface area (Å²) in [5, 5.41) is 11.9. The van der Waals surface area contributed by atoms with Gasteiger partial charge in [0.2, 0.25) is 0 Å². The van der Waals surface area contributed by atoms with Gasteiger partial charge in [0.1, 0.15) is 0 Å². The summed E-state index contributed by atoms with van der Waals surface area (Å²) in [6.07, 6.45) is 0. The summed E-state index contributed by atoms with van der Waals surface area (Å²) in [5.41, 5.74) is 0.895. The molecule has 0 fully saturated rings. The molecule has 0 saturated heterocycles. The molecule has 0 unspecified atom stereocenters. The zero-order valence-corrected chi connectivity index (χ0v) is 8.71. The lowest BCUT2D eigenvalue weighted by Crippen LogP contribution is -2.30. The fourth-order valence-corrected chi connectivity index (χ4v) is 2.13. The SMILES string of the molecule is c1cc2n[nH][nH]scc2c2c1=NCCN=2. The lowest BCUT2D eigenvalue weighted by molar-refractivity contribution is 0.870. The normalized spacial score (nSPS) is 13.9. The Hall–Kier alpha value is -1.69. The molecule has 2 N–H and O–H groups in total. The molecule has 15 heavy (non-hydrogen) atoms. The third-order valence-corrected chi connectivity index (χ3v) is 2.85. The van der Waals surface area contributed by atoms with E-state index in [9.17, 15) is 0 Å². The molecule has 2 heterocycles. The van der Waals surface area contributed by atoms with Crippen LogP contribution in [-0.4, -0.2) is 27.9 Å². The highest BCUT2D eigenvalue weighted by Gasteiger charge is 2.01. The van der Waals surface area contributed by atoms with Crippen molar-refractivity contribution in [3.05, 3.63) is 28.2 Å². The fraction of sp³-hybridized carbons (Fsp3) is 0.222. The molecule has 1 aromatic carbocycles. The molecule has 0 radical (unpaired) electrons. The van der Waals surface area contributed by atoms with E-state index in [2.05, 4.69) is 24.8 Å². The number of hydrogen-bond acceptors (Lipinski definition) is 4. The molecule has 0 aliphatic carbocycles. The van der Waals surface area contributed by atoms with Crippen molar-refractivity contribution in [1.82, 2.24) is 14.8 Å². The second-order valence-corrected chi connectivity index (χ2v) is 3.87. The Kier molecular flexibility index (Phi) is 1.99. The van der Waals surface area contributed by atoms with Gasteiger partial charge < -0.3 is 0 Å². The number of rotatable bonds is 0. The monoisotopic (exact) mass is 219 g/mol. The van der Waals surface area contributed by atoms with E-state index in [0.29, 0.717) is 0 Å². The first kappa shape index (κ1) is 8.60. The van der Waals surface area contributed by atoms with Crippen molar-refractivity contribution in [2.24, 2.45) is 9.98 Å². The second-order valence-electron chi connectivity index (χ2n) is 3.19. The second kappa shape index (κ2) is 3.47. The molecule has 0 bridgehead atoms. The Balaban J connectivity index is 2.60. The Morgan fingerprint density at radius 3 is 3.13 bits per heavy atom. The molecule has 1 aliphatic heterocycles. The standard InChI is InChI=1S/C9H9N5S/c1-2-8-9(11-4-3-10-8)6-5-15-14-13-12-7(1)6/h1-2,5,13-14H,3-4H2. The number of aromatic amines is 2. The average molecular weight is 219 g/mol. The van der Waals surface area contributed by atoms with E-state index in [0.717, 1.165) is 34.7 Å². The van der Waals surface area contributed by atoms with E-state index in [4.69, 9.17) is 0 Å². The van der Waals surface area contributed by atoms with Gasteiger partial charge in [-0.3, -0.25) is 9.98 Å². The molecule has 5 nitrogen and oxygen atoms in total. The van der Waals surface area contributed by atoms with Crippen LogP contribution in [0.4, 0.5) is 0 Å². The summed E-state index contributed by atoms with van der Waals surface area (Å²) < 4.78 is 2.87. The summed E-state index contributed by atoms with van der Waals surface area (Å²) in [6.45, 7) is 1.55. The predicted octanol–water partition coefficient (Wildman–Crippen LogP) is 0.330. The number of aromatic nitrogens is 3. The largest absolute Gasteiger partial charge is 0.281 e. The van der Waals surface area contributed by atoms with E-state index in [1.54, 1.807) is 0 Å². The minimum atomic E-state index is 0.767. The van der Waals surface area contributed by atoms with Gasteiger partial charge in [0, 0.05) is 10.8 Å². The van der Waals surface area contributed by atoms with Crippen LogP contribution in [0, 0.1) is 0 Å². The van der Waals surface area contributed by atoms with Crippen LogP contribution >= 0.6 is 11.5 Å². The van der Waals surface area contributed by atoms with Crippen LogP contribution in [0.1, 0.15) is 0 Å². The van der Waals surface area contributed by atoms with Crippen LogP contribution in [-0.2, 0) is 0 Å². The van der Waals surface area contributed by atoms with Gasteiger partial charge in [-0.25, -0.2) is 9.70 Å². The van der Waals surface area contributed by atoms with Gasteiger partial charge in [0.05, 0.1) is 29.3 Å². The Morgan fingerprint density at radius 1 is 1.20 bits per heavy atom. The van der Waals surface area contributed by atoms with Crippen LogP contribution in [0.3, 0.4) is 0 Å². The van der Waals surface area contributed by atoms with E-state index >= 15 is 0 Å². The minimum Gasteiger partial charge on any atom is -0.281 e. The molecule has 0 amide bonds. The van der Waals surface area contributed by atoms with Crippen LogP contribution in [0.25, 0.3) is 10.9 Å². The molecule has 2 aromatic rings. The van der Waals surface area contributed by atoms with Crippen molar-refractivity contribution in [1.29, 1.82) is 0 Å². The van der Waals surface area contributed by atoms with Gasteiger partial charge in [0.15, 0.2) is 0 Å². The zero-order chi connectivity index (χ0) is 10.1. The molecule has 6 heteroatoms. The topological polar surface area (TPSA) is 69.2 Å². The maximum atomic E-state index is 4.49. The quantitative estimate of drug-likeness (QED) is 0.658. The Morgan fingerprint density at radius 2 is 2.13 bits per heavy atom. The van der Waals surface area contributed by atoms with Crippen LogP contribution in [0.5, 0.6) is 0 Å². The molecule has 3 rings (SSSR count). The van der Waals surface area contributed by atoms with E-state index in [-0.39, 0.29) is 0 Å². The molecule has 0 saturated carbocycles. The first-order valence-corrected chi connectivity index (χ1v) is 5.55. The lowest BCUT2D eigenvalue weighted by atomic mass is 10.2. The maximum absolute atomic E-state index is 4.49. The highest BCUT2D eigenvalue weighted by atomic mass is 32.1. The molecule has 0 spiro atoms. The number of H-pyrrole nitrogens is 2. The van der Waals surface area contributed by atoms with Gasteiger partial charge >= 0.3 is 0 Å². The summed E-state index contributed by atoms with van der Waals surface area (Å²) >= 11 is 1.45. The number of fused-ring (bicyclic) bond motifs is 3. The molecule has 1 aliphatic rings. The Bertz CT molecular complexity index is 646. The molecular weight excluding hydrogens is 210 g/mol. The highest BCUT2D eigenvalue weighted by Crippen LogP contribution is 2.02. The Labute approximate surface area is 89.0 Å². The predicted molar refractivity (Wildman–Crippen MR) is 58.0 cm³/mol. The molecular formula is C9H9N5S. The van der Waals surface area contributed by atoms with E-state index in [1.165, 1.54) is 11.5 Å². The van der Waals surface area contributed by atoms with Gasteiger partial charge in [0.25, 0.3) is 0 Å². The lowest BCUT2D eigenvalue weighted by Gasteiger charge is -1.99. The molecule has 0 atom stereocenters. The number of hydrogen-bond donors (Lipinski definition) is 2. The first-order valence-electron chi connectivity index (χ1n) is 4.67. The number of nitrogens with zero attached hydrogens (tertiary/aromatic N) is 3. The zero-order valence-electron chi connectivity index (χ0n) is 7.90. The average Bonchev–Trinajstić information content (AvgIpc) is 2.54. The van der Waals surface area contributed by atoms with Crippen molar-refractivity contribution >= 4 is 22.4 Å². The number of nitrogens with one attached hydrogen (secondary N) is 2. The van der Waals surface area contributed by atoms with Crippen molar-refractivity contribution in [2.75, 3.05) is 13.1 Å². The fourth-order valence-electron chi connectivity index (χ4n) is 1.62. The summed E-state index contributed by atoms with van der Waals surface area (Å²) in [5.74, 6) is 0. The highest BCUT2D eigenvalue weighted by molar-refractivity contribution is 7.03. The van der Waals surface area contributed by atoms with E-state index < -0.39 is 0 Å². The van der Waals surface area contributed by atoms with Crippen LogP contribution in [0.2, 0.25) is 0 Å². The number of benzene rings is 1. The van der Waals surface area contributed by atoms with Crippen molar-refractivity contribution in [3.63, 3.8) is 0 Å². The summed E-state index contributed by atoms with van der Waals surface area (Å²) in [7, 11) is 0. The first-order chi connectivity index (χ1) is 7.45. The third-order valence-electron chi connectivity index (χ3n) is 2.28. The maximum Gasteiger partial charge on any atom is 0.0953 e. The van der Waals surface area contributed by atoms with Gasteiger partial charge in [-0.05, 0) is 12.1 Å².